The number of hydrogen-bond donors (Lipinski definition) is 0. The van der Waals surface area contributed by atoms with Gasteiger partial charge in [-0.15, -0.1) is 0 Å². The summed E-state index contributed by atoms with van der Waals surface area (Å²) in [5, 5.41) is 0. The molecule has 6 nitrogen and oxygen atoms in total. The second-order valence-corrected chi connectivity index (χ2v) is 15.1. The SMILES string of the molecule is CCCCc1cc(OC(=O)CCC(=O)OC(C)(C)CCOC(C)C)c(C)c(C)c1OCCCC(C)CCCC(C)CCCC(C)C. The topological polar surface area (TPSA) is 71.1 Å². The first-order chi connectivity index (χ1) is 21.6. The van der Waals surface area contributed by atoms with Crippen LogP contribution in [0.4, 0.5) is 0 Å². The summed E-state index contributed by atoms with van der Waals surface area (Å²) in [6, 6.07) is 1.96. The maximum atomic E-state index is 12.8. The predicted molar refractivity (Wildman–Crippen MR) is 191 cm³/mol. The van der Waals surface area contributed by atoms with E-state index in [4.69, 9.17) is 18.9 Å². The standard InChI is InChI=1S/C40H70O6/c1-12-13-22-35-28-36(45-37(41)23-24-38(42)46-40(10,11)25-27-43-30(4)5)33(8)34(9)39(35)44-26-16-21-32(7)20-15-19-31(6)18-14-17-29(2)3/h28-32H,12-27H2,1-11H3. The molecule has 0 spiro atoms. The number of unbranched alkanes of at least 4 members (excludes halogenated alkanes) is 1. The van der Waals surface area contributed by atoms with Crippen molar-refractivity contribution in [1.29, 1.82) is 0 Å². The van der Waals surface area contributed by atoms with Gasteiger partial charge in [-0.1, -0.05) is 79.6 Å². The predicted octanol–water partition coefficient (Wildman–Crippen LogP) is 10.9. The maximum Gasteiger partial charge on any atom is 0.311 e. The van der Waals surface area contributed by atoms with Gasteiger partial charge < -0.3 is 18.9 Å². The zero-order valence-corrected chi connectivity index (χ0v) is 31.6. The average molecular weight is 647 g/mol. The molecule has 0 aliphatic heterocycles. The van der Waals surface area contributed by atoms with Gasteiger partial charge in [-0.05, 0) is 108 Å². The fraction of sp³-hybridized carbons (Fsp3) is 0.800. The zero-order valence-electron chi connectivity index (χ0n) is 31.6. The average Bonchev–Trinajstić information content (AvgIpc) is 2.96. The van der Waals surface area contributed by atoms with E-state index in [0.717, 1.165) is 60.0 Å². The second-order valence-electron chi connectivity index (χ2n) is 15.1. The number of esters is 2. The Kier molecular flexibility index (Phi) is 20.5. The van der Waals surface area contributed by atoms with Crippen LogP contribution in [0.3, 0.4) is 0 Å². The van der Waals surface area contributed by atoms with Crippen LogP contribution in [-0.4, -0.2) is 36.9 Å². The van der Waals surface area contributed by atoms with Gasteiger partial charge in [0.15, 0.2) is 0 Å². The van der Waals surface area contributed by atoms with Crippen LogP contribution in [0, 0.1) is 31.6 Å². The molecule has 46 heavy (non-hydrogen) atoms. The van der Waals surface area contributed by atoms with Gasteiger partial charge in [0.05, 0.1) is 32.2 Å². The van der Waals surface area contributed by atoms with Crippen molar-refractivity contribution in [2.45, 2.75) is 178 Å². The van der Waals surface area contributed by atoms with Gasteiger partial charge in [0.25, 0.3) is 0 Å². The molecule has 2 atom stereocenters. The fourth-order valence-corrected chi connectivity index (χ4v) is 5.70. The van der Waals surface area contributed by atoms with Crippen LogP contribution in [0.25, 0.3) is 0 Å². The van der Waals surface area contributed by atoms with Crippen LogP contribution in [0.5, 0.6) is 11.5 Å². The van der Waals surface area contributed by atoms with Crippen LogP contribution in [0.15, 0.2) is 6.07 Å². The van der Waals surface area contributed by atoms with E-state index in [-0.39, 0.29) is 18.9 Å². The van der Waals surface area contributed by atoms with E-state index >= 15 is 0 Å². The summed E-state index contributed by atoms with van der Waals surface area (Å²) in [6.07, 6.45) is 13.8. The Morgan fingerprint density at radius 1 is 0.761 bits per heavy atom. The zero-order chi connectivity index (χ0) is 34.7. The highest BCUT2D eigenvalue weighted by Gasteiger charge is 2.24. The second kappa shape index (κ2) is 22.5. The number of aryl methyl sites for hydroxylation is 1. The van der Waals surface area contributed by atoms with Crippen LogP contribution in [-0.2, 0) is 25.5 Å². The van der Waals surface area contributed by atoms with Gasteiger partial charge in [-0.2, -0.15) is 0 Å². The molecule has 0 fully saturated rings. The number of benzene rings is 1. The molecule has 0 radical (unpaired) electrons. The molecule has 0 aliphatic rings. The van der Waals surface area contributed by atoms with Gasteiger partial charge >= 0.3 is 11.9 Å². The number of carbonyl (C=O) groups is 2. The van der Waals surface area contributed by atoms with E-state index in [9.17, 15) is 9.59 Å². The maximum absolute atomic E-state index is 12.8. The van der Waals surface area contributed by atoms with Crippen molar-refractivity contribution < 1.29 is 28.5 Å². The van der Waals surface area contributed by atoms with Gasteiger partial charge in [0, 0.05) is 6.42 Å². The Hall–Kier alpha value is -2.08. The van der Waals surface area contributed by atoms with Gasteiger partial charge in [-0.25, -0.2) is 0 Å². The third kappa shape index (κ3) is 18.3. The highest BCUT2D eigenvalue weighted by molar-refractivity contribution is 5.79. The first-order valence-electron chi connectivity index (χ1n) is 18.4. The van der Waals surface area contributed by atoms with Crippen LogP contribution in [0.1, 0.15) is 162 Å². The lowest BCUT2D eigenvalue weighted by Crippen LogP contribution is -2.30. The lowest BCUT2D eigenvalue weighted by molar-refractivity contribution is -0.160. The summed E-state index contributed by atoms with van der Waals surface area (Å²) in [6.45, 7) is 24.5. The number of ether oxygens (including phenoxy) is 4. The molecule has 0 heterocycles. The van der Waals surface area contributed by atoms with E-state index in [2.05, 4.69) is 34.6 Å². The van der Waals surface area contributed by atoms with Crippen molar-refractivity contribution in [3.63, 3.8) is 0 Å². The molecule has 1 aromatic carbocycles. The van der Waals surface area contributed by atoms with Crippen molar-refractivity contribution in [3.8, 4) is 11.5 Å². The van der Waals surface area contributed by atoms with Crippen molar-refractivity contribution in [3.05, 3.63) is 22.8 Å². The highest BCUT2D eigenvalue weighted by atomic mass is 16.6. The van der Waals surface area contributed by atoms with Crippen molar-refractivity contribution in [2.75, 3.05) is 13.2 Å². The van der Waals surface area contributed by atoms with E-state index in [1.54, 1.807) is 0 Å². The largest absolute Gasteiger partial charge is 0.493 e. The monoisotopic (exact) mass is 647 g/mol. The number of rotatable bonds is 25. The number of hydrogen-bond acceptors (Lipinski definition) is 6. The van der Waals surface area contributed by atoms with E-state index in [0.29, 0.717) is 31.3 Å². The first-order valence-corrected chi connectivity index (χ1v) is 18.4. The minimum absolute atomic E-state index is 0.0229. The summed E-state index contributed by atoms with van der Waals surface area (Å²) in [7, 11) is 0. The molecule has 0 aliphatic carbocycles. The first kappa shape index (κ1) is 41.9. The molecule has 1 aromatic rings. The Morgan fingerprint density at radius 2 is 1.35 bits per heavy atom. The van der Waals surface area contributed by atoms with E-state index < -0.39 is 17.5 Å². The quantitative estimate of drug-likeness (QED) is 0.0598. The lowest BCUT2D eigenvalue weighted by Gasteiger charge is -2.25. The molecular formula is C40H70O6. The molecule has 266 valence electrons. The van der Waals surface area contributed by atoms with Gasteiger partial charge in [0.2, 0.25) is 0 Å². The summed E-state index contributed by atoms with van der Waals surface area (Å²) in [4.78, 5) is 25.2. The Bertz CT molecular complexity index is 1010. The van der Waals surface area contributed by atoms with Gasteiger partial charge in [-0.3, -0.25) is 9.59 Å². The Balaban J connectivity index is 2.63. The fourth-order valence-electron chi connectivity index (χ4n) is 5.70. The van der Waals surface area contributed by atoms with Crippen molar-refractivity contribution in [1.82, 2.24) is 0 Å². The minimum atomic E-state index is -0.656. The highest BCUT2D eigenvalue weighted by Crippen LogP contribution is 2.35. The third-order valence-electron chi connectivity index (χ3n) is 8.93. The summed E-state index contributed by atoms with van der Waals surface area (Å²) < 4.78 is 23.4. The van der Waals surface area contributed by atoms with Crippen LogP contribution in [0.2, 0.25) is 0 Å². The molecule has 0 N–H and O–H groups in total. The number of carbonyl (C=O) groups excluding carboxylic acids is 2. The summed E-state index contributed by atoms with van der Waals surface area (Å²) in [5.74, 6) is 2.99. The van der Waals surface area contributed by atoms with Crippen molar-refractivity contribution >= 4 is 11.9 Å². The molecular weight excluding hydrogens is 576 g/mol. The smallest absolute Gasteiger partial charge is 0.311 e. The molecule has 6 heteroatoms. The normalized spacial score (nSPS) is 13.2. The molecule has 2 unspecified atom stereocenters. The molecule has 0 bridgehead atoms. The lowest BCUT2D eigenvalue weighted by atomic mass is 9.92. The Labute approximate surface area is 283 Å². The summed E-state index contributed by atoms with van der Waals surface area (Å²) in [5.41, 5.74) is 2.34. The van der Waals surface area contributed by atoms with E-state index in [1.165, 1.54) is 44.9 Å². The molecule has 0 saturated heterocycles. The van der Waals surface area contributed by atoms with Crippen LogP contribution >= 0.6 is 0 Å². The summed E-state index contributed by atoms with van der Waals surface area (Å²) >= 11 is 0. The van der Waals surface area contributed by atoms with Crippen molar-refractivity contribution in [2.24, 2.45) is 17.8 Å². The van der Waals surface area contributed by atoms with E-state index in [1.807, 2.05) is 47.6 Å². The Morgan fingerprint density at radius 3 is 1.93 bits per heavy atom. The van der Waals surface area contributed by atoms with Crippen LogP contribution < -0.4 is 9.47 Å². The third-order valence-corrected chi connectivity index (χ3v) is 8.93. The molecule has 0 aromatic heterocycles. The minimum Gasteiger partial charge on any atom is -0.493 e. The molecule has 0 amide bonds. The molecule has 1 rings (SSSR count). The molecule has 0 saturated carbocycles. The van der Waals surface area contributed by atoms with Gasteiger partial charge in [0.1, 0.15) is 17.1 Å².